The van der Waals surface area contributed by atoms with Gasteiger partial charge in [0, 0.05) is 36.9 Å². The Labute approximate surface area is 152 Å². The molecule has 2 heterocycles. The Hall–Kier alpha value is -1.36. The molecule has 144 valence electrons. The van der Waals surface area contributed by atoms with Crippen molar-refractivity contribution >= 4 is 25.6 Å². The molecule has 0 radical (unpaired) electrons. The van der Waals surface area contributed by atoms with Crippen LogP contribution in [0.15, 0.2) is 29.2 Å². The van der Waals surface area contributed by atoms with Crippen molar-refractivity contribution in [2.75, 3.05) is 39.4 Å². The zero-order valence-electron chi connectivity index (χ0n) is 13.5. The molecule has 0 saturated carbocycles. The molecular formula is C15H16ClF3N2O4S. The van der Waals surface area contributed by atoms with E-state index in [2.05, 4.69) is 0 Å². The molecule has 0 N–H and O–H groups in total. The van der Waals surface area contributed by atoms with Crippen LogP contribution in [0.1, 0.15) is 5.56 Å². The second-order valence-electron chi connectivity index (χ2n) is 6.26. The van der Waals surface area contributed by atoms with Crippen molar-refractivity contribution in [1.29, 1.82) is 0 Å². The minimum Gasteiger partial charge on any atom is -0.377 e. The number of hydrogen-bond acceptors (Lipinski definition) is 5. The number of piperazine rings is 1. The van der Waals surface area contributed by atoms with E-state index in [0.29, 0.717) is 13.2 Å². The number of halogens is 4. The summed E-state index contributed by atoms with van der Waals surface area (Å²) in [4.78, 5) is 14.1. The number of benzene rings is 1. The summed E-state index contributed by atoms with van der Waals surface area (Å²) in [5.74, 6) is -1.83. The lowest BCUT2D eigenvalue weighted by molar-refractivity contribution is -0.192. The maximum Gasteiger partial charge on any atom is 0.471 e. The third-order valence-corrected chi connectivity index (χ3v) is 6.14. The number of alkyl halides is 3. The van der Waals surface area contributed by atoms with E-state index in [1.54, 1.807) is 12.1 Å². The number of hydrogen-bond donors (Lipinski definition) is 0. The van der Waals surface area contributed by atoms with Gasteiger partial charge in [-0.05, 0) is 17.7 Å². The normalized spacial score (nSPS) is 21.3. The molecule has 3 rings (SSSR count). The number of amides is 1. The highest BCUT2D eigenvalue weighted by atomic mass is 35.7. The van der Waals surface area contributed by atoms with Crippen LogP contribution in [0.2, 0.25) is 0 Å². The van der Waals surface area contributed by atoms with Crippen molar-refractivity contribution in [3.8, 4) is 0 Å². The molecule has 26 heavy (non-hydrogen) atoms. The molecule has 2 aliphatic rings. The van der Waals surface area contributed by atoms with Gasteiger partial charge in [-0.25, -0.2) is 8.42 Å². The van der Waals surface area contributed by atoms with Gasteiger partial charge in [0.1, 0.15) is 0 Å². The number of carbonyl (C=O) groups is 1. The maximum atomic E-state index is 12.6. The van der Waals surface area contributed by atoms with Crippen LogP contribution >= 0.6 is 10.7 Å². The van der Waals surface area contributed by atoms with Crippen LogP contribution in [0.25, 0.3) is 0 Å². The quantitative estimate of drug-likeness (QED) is 0.705. The summed E-state index contributed by atoms with van der Waals surface area (Å²) in [7, 11) is 1.48. The van der Waals surface area contributed by atoms with Crippen LogP contribution in [0.5, 0.6) is 0 Å². The second-order valence-corrected chi connectivity index (χ2v) is 8.83. The van der Waals surface area contributed by atoms with Crippen LogP contribution in [-0.4, -0.2) is 69.7 Å². The van der Waals surface area contributed by atoms with Gasteiger partial charge in [0.05, 0.1) is 23.6 Å². The number of ether oxygens (including phenoxy) is 1. The fraction of sp³-hybridized carbons (Fsp3) is 0.533. The number of carbonyl (C=O) groups excluding carboxylic acids is 1. The molecule has 2 aliphatic heterocycles. The largest absolute Gasteiger partial charge is 0.471 e. The highest BCUT2D eigenvalue weighted by molar-refractivity contribution is 8.13. The lowest BCUT2D eigenvalue weighted by atomic mass is 9.85. The van der Waals surface area contributed by atoms with Crippen LogP contribution in [0, 0.1) is 0 Å². The summed E-state index contributed by atoms with van der Waals surface area (Å²) in [5, 5.41) is 0. The summed E-state index contributed by atoms with van der Waals surface area (Å²) in [5.41, 5.74) is 0.255. The highest BCUT2D eigenvalue weighted by Crippen LogP contribution is 2.37. The van der Waals surface area contributed by atoms with Gasteiger partial charge in [0.2, 0.25) is 0 Å². The molecular weight excluding hydrogens is 397 g/mol. The Morgan fingerprint density at radius 1 is 1.08 bits per heavy atom. The van der Waals surface area contributed by atoms with Gasteiger partial charge in [-0.15, -0.1) is 0 Å². The first-order chi connectivity index (χ1) is 12.0. The van der Waals surface area contributed by atoms with Gasteiger partial charge in [-0.2, -0.15) is 13.2 Å². The third kappa shape index (κ3) is 3.55. The van der Waals surface area contributed by atoms with E-state index in [0.717, 1.165) is 10.5 Å². The Balaban J connectivity index is 1.75. The zero-order valence-corrected chi connectivity index (χ0v) is 15.1. The molecule has 0 bridgehead atoms. The molecule has 0 atom stereocenters. The molecule has 1 amide bonds. The fourth-order valence-corrected chi connectivity index (χ4v) is 4.04. The van der Waals surface area contributed by atoms with Gasteiger partial charge < -0.3 is 9.64 Å². The van der Waals surface area contributed by atoms with Gasteiger partial charge in [-0.1, -0.05) is 12.1 Å². The molecule has 1 aromatic carbocycles. The van der Waals surface area contributed by atoms with Crippen molar-refractivity contribution in [2.24, 2.45) is 0 Å². The predicted octanol–water partition coefficient (Wildman–Crippen LogP) is 1.55. The average molecular weight is 413 g/mol. The number of nitrogens with zero attached hydrogens (tertiary/aromatic N) is 2. The molecule has 6 nitrogen and oxygen atoms in total. The van der Waals surface area contributed by atoms with E-state index in [9.17, 15) is 26.4 Å². The van der Waals surface area contributed by atoms with Crippen LogP contribution in [0.4, 0.5) is 13.2 Å². The van der Waals surface area contributed by atoms with Crippen LogP contribution in [0.3, 0.4) is 0 Å². The molecule has 1 aromatic rings. The van der Waals surface area contributed by atoms with E-state index >= 15 is 0 Å². The molecule has 0 unspecified atom stereocenters. The Kier molecular flexibility index (Phi) is 4.97. The Morgan fingerprint density at radius 2 is 1.62 bits per heavy atom. The van der Waals surface area contributed by atoms with Crippen molar-refractivity contribution in [3.05, 3.63) is 29.8 Å². The van der Waals surface area contributed by atoms with Gasteiger partial charge in [0.25, 0.3) is 9.05 Å². The van der Waals surface area contributed by atoms with Crippen molar-refractivity contribution in [3.63, 3.8) is 0 Å². The summed E-state index contributed by atoms with van der Waals surface area (Å²) in [6, 6.07) is 6.04. The van der Waals surface area contributed by atoms with E-state index in [1.807, 2.05) is 4.90 Å². The van der Waals surface area contributed by atoms with E-state index in [-0.39, 0.29) is 31.1 Å². The third-order valence-electron chi connectivity index (χ3n) is 4.77. The van der Waals surface area contributed by atoms with Gasteiger partial charge >= 0.3 is 12.1 Å². The van der Waals surface area contributed by atoms with Crippen molar-refractivity contribution in [2.45, 2.75) is 16.6 Å². The summed E-state index contributed by atoms with van der Waals surface area (Å²) in [6.45, 7) is 1.14. The monoisotopic (exact) mass is 412 g/mol. The van der Waals surface area contributed by atoms with Gasteiger partial charge in [-0.3, -0.25) is 9.69 Å². The summed E-state index contributed by atoms with van der Waals surface area (Å²) in [6.07, 6.45) is -4.87. The molecule has 2 fully saturated rings. The smallest absolute Gasteiger partial charge is 0.377 e. The van der Waals surface area contributed by atoms with Crippen LogP contribution in [-0.2, 0) is 24.1 Å². The fourth-order valence-electron chi connectivity index (χ4n) is 3.27. The zero-order chi connectivity index (χ0) is 19.2. The lowest BCUT2D eigenvalue weighted by Gasteiger charge is -2.52. The molecule has 0 aliphatic carbocycles. The molecule has 11 heteroatoms. The standard InChI is InChI=1S/C15H16ClF3N2O4S/c16-26(23,24)12-3-1-11(2-4-12)14(9-25-10-14)21-7-5-20(6-8-21)13(22)15(17,18)19/h1-4H,5-10H2. The topological polar surface area (TPSA) is 66.9 Å². The Bertz CT molecular complexity index is 786. The second kappa shape index (κ2) is 6.66. The number of rotatable bonds is 3. The lowest BCUT2D eigenvalue weighted by Crippen LogP contribution is -2.65. The first-order valence-corrected chi connectivity index (χ1v) is 10.1. The van der Waals surface area contributed by atoms with Crippen molar-refractivity contribution in [1.82, 2.24) is 9.80 Å². The first kappa shape index (κ1) is 19.4. The minimum absolute atomic E-state index is 0.0288. The highest BCUT2D eigenvalue weighted by Gasteiger charge is 2.49. The first-order valence-electron chi connectivity index (χ1n) is 7.78. The Morgan fingerprint density at radius 3 is 2.00 bits per heavy atom. The SMILES string of the molecule is O=C(N1CCN(C2(c3ccc(S(=O)(=O)Cl)cc3)COC2)CC1)C(F)(F)F. The van der Waals surface area contributed by atoms with E-state index < -0.39 is 26.7 Å². The minimum atomic E-state index is -4.87. The maximum absolute atomic E-state index is 12.6. The molecule has 2 saturated heterocycles. The molecule has 0 spiro atoms. The van der Waals surface area contributed by atoms with Crippen LogP contribution < -0.4 is 0 Å². The average Bonchev–Trinajstić information content (AvgIpc) is 2.53. The van der Waals surface area contributed by atoms with E-state index in [1.165, 1.54) is 12.1 Å². The predicted molar refractivity (Wildman–Crippen MR) is 86.2 cm³/mol. The van der Waals surface area contributed by atoms with Gasteiger partial charge in [0.15, 0.2) is 0 Å². The summed E-state index contributed by atoms with van der Waals surface area (Å²) >= 11 is 0. The van der Waals surface area contributed by atoms with Crippen molar-refractivity contribution < 1.29 is 31.1 Å². The summed E-state index contributed by atoms with van der Waals surface area (Å²) < 4.78 is 65.7. The van der Waals surface area contributed by atoms with E-state index in [4.69, 9.17) is 15.4 Å². The molecule has 0 aromatic heterocycles.